The van der Waals surface area contributed by atoms with Crippen LogP contribution in [0.25, 0.3) is 10.9 Å². The monoisotopic (exact) mass is 539 g/mol. The average Bonchev–Trinajstić information content (AvgIpc) is 2.88. The van der Waals surface area contributed by atoms with E-state index >= 15 is 0 Å². The number of nitrogens with zero attached hydrogens (tertiary/aromatic N) is 2. The molecule has 9 nitrogen and oxygen atoms in total. The van der Waals surface area contributed by atoms with Crippen molar-refractivity contribution in [2.75, 3.05) is 42.3 Å². The number of aromatic nitrogens is 2. The van der Waals surface area contributed by atoms with Crippen LogP contribution in [-0.4, -0.2) is 58.4 Å². The predicted molar refractivity (Wildman–Crippen MR) is 147 cm³/mol. The number of anilines is 3. The summed E-state index contributed by atoms with van der Waals surface area (Å²) in [5.41, 5.74) is 2.38. The van der Waals surface area contributed by atoms with Gasteiger partial charge in [-0.15, -0.1) is 0 Å². The van der Waals surface area contributed by atoms with Crippen molar-refractivity contribution in [3.63, 3.8) is 0 Å². The molecule has 3 aromatic carbocycles. The molecular formula is C26H29N5O4S2. The van der Waals surface area contributed by atoms with E-state index < -0.39 is 19.7 Å². The van der Waals surface area contributed by atoms with Gasteiger partial charge in [-0.1, -0.05) is 18.2 Å². The highest BCUT2D eigenvalue weighted by Gasteiger charge is 2.17. The van der Waals surface area contributed by atoms with Crippen LogP contribution in [0, 0.1) is 0 Å². The summed E-state index contributed by atoms with van der Waals surface area (Å²) >= 11 is 0. The van der Waals surface area contributed by atoms with Gasteiger partial charge in [0.05, 0.1) is 21.1 Å². The molecule has 0 atom stereocenters. The zero-order valence-corrected chi connectivity index (χ0v) is 22.0. The molecule has 0 fully saturated rings. The summed E-state index contributed by atoms with van der Waals surface area (Å²) in [6.07, 6.45) is 3.54. The Labute approximate surface area is 217 Å². The molecule has 1 aromatic heterocycles. The summed E-state index contributed by atoms with van der Waals surface area (Å²) < 4.78 is 48.0. The number of rotatable bonds is 12. The van der Waals surface area contributed by atoms with E-state index in [1.54, 1.807) is 54.6 Å². The number of hydrogen-bond donors (Lipinski definition) is 3. The number of hydrogen-bond acceptors (Lipinski definition) is 9. The molecule has 0 aliphatic heterocycles. The van der Waals surface area contributed by atoms with Crippen molar-refractivity contribution in [1.29, 1.82) is 0 Å². The fraction of sp³-hybridized carbons (Fsp3) is 0.231. The Morgan fingerprint density at radius 3 is 2.19 bits per heavy atom. The molecule has 4 rings (SSSR count). The zero-order valence-electron chi connectivity index (χ0n) is 20.4. The van der Waals surface area contributed by atoms with Crippen LogP contribution in [0.3, 0.4) is 0 Å². The van der Waals surface area contributed by atoms with Crippen molar-refractivity contribution in [3.05, 3.63) is 79.1 Å². The molecule has 0 spiro atoms. The van der Waals surface area contributed by atoms with E-state index in [9.17, 15) is 16.8 Å². The fourth-order valence-corrected chi connectivity index (χ4v) is 5.48. The molecule has 0 unspecified atom stereocenters. The number of benzene rings is 3. The third kappa shape index (κ3) is 7.25. The second-order valence-electron chi connectivity index (χ2n) is 8.58. The number of fused-ring (bicyclic) bond motifs is 1. The second-order valence-corrected chi connectivity index (χ2v) is 12.8. The van der Waals surface area contributed by atoms with E-state index in [0.29, 0.717) is 31.1 Å². The van der Waals surface area contributed by atoms with Gasteiger partial charge in [-0.3, -0.25) is 0 Å². The van der Waals surface area contributed by atoms with Gasteiger partial charge in [0.2, 0.25) is 9.84 Å². The van der Waals surface area contributed by atoms with Gasteiger partial charge in [0.25, 0.3) is 0 Å². The van der Waals surface area contributed by atoms with E-state index in [4.69, 9.17) is 0 Å². The molecular weight excluding hydrogens is 510 g/mol. The summed E-state index contributed by atoms with van der Waals surface area (Å²) in [4.78, 5) is 9.19. The molecule has 1 heterocycles. The van der Waals surface area contributed by atoms with Gasteiger partial charge < -0.3 is 16.0 Å². The normalized spacial score (nSPS) is 11.9. The summed E-state index contributed by atoms with van der Waals surface area (Å²) in [7, 11) is -6.54. The van der Waals surface area contributed by atoms with Crippen molar-refractivity contribution in [2.45, 2.75) is 16.2 Å². The molecule has 0 amide bonds. The predicted octanol–water partition coefficient (Wildman–Crippen LogP) is 3.64. The van der Waals surface area contributed by atoms with Gasteiger partial charge in [-0.2, -0.15) is 0 Å². The third-order valence-electron chi connectivity index (χ3n) is 5.63. The summed E-state index contributed by atoms with van der Waals surface area (Å²) in [6, 6.07) is 20.7. The lowest BCUT2D eigenvalue weighted by atomic mass is 10.2. The molecule has 0 saturated carbocycles. The van der Waals surface area contributed by atoms with Crippen LogP contribution in [0.4, 0.5) is 17.2 Å². The maximum atomic E-state index is 12.8. The molecule has 37 heavy (non-hydrogen) atoms. The lowest BCUT2D eigenvalue weighted by Crippen LogP contribution is -2.24. The lowest BCUT2D eigenvalue weighted by Gasteiger charge is -2.12. The molecule has 0 bridgehead atoms. The minimum atomic E-state index is -3.58. The third-order valence-corrected chi connectivity index (χ3v) is 8.36. The lowest BCUT2D eigenvalue weighted by molar-refractivity contribution is 0.594. The van der Waals surface area contributed by atoms with Crippen LogP contribution < -0.4 is 16.0 Å². The van der Waals surface area contributed by atoms with E-state index in [1.165, 1.54) is 12.6 Å². The molecule has 0 aliphatic rings. The Morgan fingerprint density at radius 1 is 0.757 bits per heavy atom. The number of nitrogens with one attached hydrogen (secondary N) is 3. The van der Waals surface area contributed by atoms with E-state index in [0.717, 1.165) is 23.0 Å². The molecule has 3 N–H and O–H groups in total. The van der Waals surface area contributed by atoms with Gasteiger partial charge in [0.15, 0.2) is 0 Å². The van der Waals surface area contributed by atoms with E-state index in [-0.39, 0.29) is 15.5 Å². The Hall–Kier alpha value is -3.54. The Bertz CT molecular complexity index is 1560. The molecule has 0 radical (unpaired) electrons. The first kappa shape index (κ1) is 26.5. The highest BCUT2D eigenvalue weighted by Crippen LogP contribution is 2.27. The first-order chi connectivity index (χ1) is 17.7. The molecule has 11 heteroatoms. The van der Waals surface area contributed by atoms with Crippen molar-refractivity contribution in [2.24, 2.45) is 0 Å². The summed E-state index contributed by atoms with van der Waals surface area (Å²) in [5.74, 6) is 0.738. The van der Waals surface area contributed by atoms with Crippen LogP contribution in [0.5, 0.6) is 0 Å². The van der Waals surface area contributed by atoms with Crippen molar-refractivity contribution in [3.8, 4) is 0 Å². The molecule has 194 valence electrons. The zero-order chi connectivity index (χ0) is 26.3. The van der Waals surface area contributed by atoms with Crippen LogP contribution >= 0.6 is 0 Å². The second kappa shape index (κ2) is 11.7. The SMILES string of the molecule is CS(=O)(=O)CCNCCCNc1ccc2ncnc(Nc3ccc(S(=O)(=O)c4ccccc4)cc3)c2c1. The van der Waals surface area contributed by atoms with Gasteiger partial charge in [0.1, 0.15) is 22.0 Å². The van der Waals surface area contributed by atoms with Crippen LogP contribution in [0.1, 0.15) is 6.42 Å². The maximum Gasteiger partial charge on any atom is 0.206 e. The van der Waals surface area contributed by atoms with E-state index in [1.807, 2.05) is 18.2 Å². The molecule has 0 aliphatic carbocycles. The molecule has 4 aromatic rings. The fourth-order valence-electron chi connectivity index (χ4n) is 3.68. The first-order valence-corrected chi connectivity index (χ1v) is 15.3. The summed E-state index contributed by atoms with van der Waals surface area (Å²) in [5, 5.41) is 10.6. The van der Waals surface area contributed by atoms with Gasteiger partial charge in [0, 0.05) is 36.1 Å². The highest BCUT2D eigenvalue weighted by molar-refractivity contribution is 7.91. The minimum Gasteiger partial charge on any atom is -0.385 e. The Balaban J connectivity index is 1.40. The average molecular weight is 540 g/mol. The van der Waals surface area contributed by atoms with Gasteiger partial charge in [-0.05, 0) is 67.6 Å². The van der Waals surface area contributed by atoms with Gasteiger partial charge in [-0.25, -0.2) is 26.8 Å². The first-order valence-electron chi connectivity index (χ1n) is 11.8. The van der Waals surface area contributed by atoms with Crippen molar-refractivity contribution in [1.82, 2.24) is 15.3 Å². The highest BCUT2D eigenvalue weighted by atomic mass is 32.2. The van der Waals surface area contributed by atoms with E-state index in [2.05, 4.69) is 25.9 Å². The smallest absolute Gasteiger partial charge is 0.206 e. The largest absolute Gasteiger partial charge is 0.385 e. The number of sulfone groups is 2. The quantitative estimate of drug-likeness (QED) is 0.231. The molecule has 0 saturated heterocycles. The summed E-state index contributed by atoms with van der Waals surface area (Å²) in [6.45, 7) is 1.87. The Kier molecular flexibility index (Phi) is 8.37. The maximum absolute atomic E-state index is 12.8. The van der Waals surface area contributed by atoms with Crippen molar-refractivity contribution < 1.29 is 16.8 Å². The standard InChI is InChI=1S/C26H29N5O4S2/c1-36(32,33)17-16-27-14-5-15-28-21-10-13-25-24(18-21)26(30-19-29-25)31-20-8-11-23(12-9-20)37(34,35)22-6-3-2-4-7-22/h2-4,6-13,18-19,27-28H,5,14-17H2,1H3,(H,29,30,31). The van der Waals surface area contributed by atoms with Crippen LogP contribution in [0.15, 0.2) is 88.9 Å². The Morgan fingerprint density at radius 2 is 1.46 bits per heavy atom. The van der Waals surface area contributed by atoms with Crippen LogP contribution in [-0.2, 0) is 19.7 Å². The van der Waals surface area contributed by atoms with Gasteiger partial charge >= 0.3 is 0 Å². The topological polar surface area (TPSA) is 130 Å². The van der Waals surface area contributed by atoms with Crippen LogP contribution in [0.2, 0.25) is 0 Å². The van der Waals surface area contributed by atoms with Crippen molar-refractivity contribution >= 4 is 47.8 Å². The minimum absolute atomic E-state index is 0.131.